The number of carboxylic acids is 1. The molecule has 0 bridgehead atoms. The van der Waals surface area contributed by atoms with E-state index in [0.29, 0.717) is 30.6 Å². The molecule has 2 saturated carbocycles. The zero-order valence-electron chi connectivity index (χ0n) is 15.4. The number of nitrogens with zero attached hydrogens (tertiary/aromatic N) is 3. The van der Waals surface area contributed by atoms with E-state index in [2.05, 4.69) is 16.7 Å². The van der Waals surface area contributed by atoms with Gasteiger partial charge in [0.25, 0.3) is 0 Å². The van der Waals surface area contributed by atoms with E-state index in [4.69, 9.17) is 5.11 Å². The normalized spacial score (nSPS) is 23.2. The molecule has 0 radical (unpaired) electrons. The van der Waals surface area contributed by atoms with Gasteiger partial charge in [-0.25, -0.2) is 0 Å². The molecule has 3 fully saturated rings. The molecule has 1 atom stereocenters. The van der Waals surface area contributed by atoms with Crippen molar-refractivity contribution in [3.05, 3.63) is 0 Å². The second kappa shape index (κ2) is 8.69. The lowest BCUT2D eigenvalue weighted by Crippen LogP contribution is -2.50. The van der Waals surface area contributed by atoms with Gasteiger partial charge in [-0.15, -0.1) is 12.4 Å². The summed E-state index contributed by atoms with van der Waals surface area (Å²) in [5.74, 6) is 0.253. The number of rotatable bonds is 8. The summed E-state index contributed by atoms with van der Waals surface area (Å²) in [6.07, 6.45) is 6.78. The van der Waals surface area contributed by atoms with E-state index < -0.39 is 5.97 Å². The van der Waals surface area contributed by atoms with Crippen LogP contribution in [0, 0.1) is 5.92 Å². The van der Waals surface area contributed by atoms with Gasteiger partial charge in [0.1, 0.15) is 0 Å². The van der Waals surface area contributed by atoms with E-state index >= 15 is 0 Å². The molecule has 0 aromatic rings. The van der Waals surface area contributed by atoms with Crippen LogP contribution in [-0.4, -0.2) is 83.0 Å². The number of carboxylic acid groups (broad SMARTS) is 1. The average molecular weight is 374 g/mol. The molecule has 1 amide bonds. The minimum Gasteiger partial charge on any atom is -0.480 e. The van der Waals surface area contributed by atoms with Gasteiger partial charge in [-0.3, -0.25) is 19.4 Å². The first-order valence-electron chi connectivity index (χ1n) is 9.41. The van der Waals surface area contributed by atoms with Gasteiger partial charge in [0.15, 0.2) is 0 Å². The minimum absolute atomic E-state index is 0. The van der Waals surface area contributed by atoms with Crippen LogP contribution in [0.3, 0.4) is 0 Å². The topological polar surface area (TPSA) is 64.1 Å². The summed E-state index contributed by atoms with van der Waals surface area (Å²) >= 11 is 0. The van der Waals surface area contributed by atoms with E-state index in [9.17, 15) is 9.59 Å². The molecule has 1 heterocycles. The van der Waals surface area contributed by atoms with Crippen molar-refractivity contribution in [2.75, 3.05) is 33.2 Å². The maximum Gasteiger partial charge on any atom is 0.317 e. The lowest BCUT2D eigenvalue weighted by molar-refractivity contribution is -0.138. The number of amides is 1. The number of aliphatic carboxylic acids is 1. The number of hydrogen-bond donors (Lipinski definition) is 1. The highest BCUT2D eigenvalue weighted by atomic mass is 35.5. The summed E-state index contributed by atoms with van der Waals surface area (Å²) < 4.78 is 0. The highest BCUT2D eigenvalue weighted by molar-refractivity contribution is 5.85. The molecule has 0 aromatic heterocycles. The van der Waals surface area contributed by atoms with Crippen molar-refractivity contribution in [3.8, 4) is 0 Å². The van der Waals surface area contributed by atoms with Crippen molar-refractivity contribution < 1.29 is 14.7 Å². The number of piperidine rings is 1. The van der Waals surface area contributed by atoms with E-state index in [-0.39, 0.29) is 19.0 Å². The molecule has 25 heavy (non-hydrogen) atoms. The summed E-state index contributed by atoms with van der Waals surface area (Å²) in [7, 11) is 1.88. The van der Waals surface area contributed by atoms with Crippen molar-refractivity contribution in [1.29, 1.82) is 0 Å². The molecular weight excluding hydrogens is 342 g/mol. The van der Waals surface area contributed by atoms with E-state index in [1.807, 2.05) is 11.9 Å². The van der Waals surface area contributed by atoms with Crippen molar-refractivity contribution >= 4 is 24.3 Å². The van der Waals surface area contributed by atoms with Crippen LogP contribution in [0.5, 0.6) is 0 Å². The largest absolute Gasteiger partial charge is 0.480 e. The summed E-state index contributed by atoms with van der Waals surface area (Å²) in [6, 6.07) is 1.22. The Morgan fingerprint density at radius 1 is 1.08 bits per heavy atom. The molecule has 7 heteroatoms. The first-order chi connectivity index (χ1) is 11.5. The van der Waals surface area contributed by atoms with Crippen LogP contribution in [0.1, 0.15) is 45.4 Å². The highest BCUT2D eigenvalue weighted by Crippen LogP contribution is 2.39. The van der Waals surface area contributed by atoms with Crippen LogP contribution >= 0.6 is 12.4 Å². The third kappa shape index (κ3) is 5.56. The first kappa shape index (κ1) is 20.5. The number of likely N-dealkylation sites (N-methyl/N-ethyl adjacent to an activating group) is 1. The zero-order chi connectivity index (χ0) is 17.3. The maximum absolute atomic E-state index is 12.8. The lowest BCUT2D eigenvalue weighted by atomic mass is 10.0. The summed E-state index contributed by atoms with van der Waals surface area (Å²) in [4.78, 5) is 30.0. The molecule has 3 rings (SSSR count). The third-order valence-corrected chi connectivity index (χ3v) is 5.90. The SMILES string of the molecule is CC(C1CC1)N(C(=O)CN1CCC(N(C)CC(=O)O)CC1)C1CC1.Cl. The van der Waals surface area contributed by atoms with Crippen LogP contribution in [0.4, 0.5) is 0 Å². The van der Waals surface area contributed by atoms with Gasteiger partial charge in [-0.1, -0.05) is 0 Å². The van der Waals surface area contributed by atoms with Gasteiger partial charge >= 0.3 is 5.97 Å². The molecule has 2 aliphatic carbocycles. The number of halogens is 1. The Bertz CT molecular complexity index is 474. The van der Waals surface area contributed by atoms with Crippen molar-refractivity contribution in [2.45, 2.75) is 63.6 Å². The fourth-order valence-electron chi connectivity index (χ4n) is 4.06. The van der Waals surface area contributed by atoms with Gasteiger partial charge in [-0.05, 0) is 58.4 Å². The number of carbonyl (C=O) groups excluding carboxylic acids is 1. The second-order valence-corrected chi connectivity index (χ2v) is 7.93. The van der Waals surface area contributed by atoms with Gasteiger partial charge in [-0.2, -0.15) is 0 Å². The van der Waals surface area contributed by atoms with Crippen molar-refractivity contribution in [2.24, 2.45) is 5.92 Å². The molecule has 1 unspecified atom stereocenters. The second-order valence-electron chi connectivity index (χ2n) is 7.93. The quantitative estimate of drug-likeness (QED) is 0.701. The Balaban J connectivity index is 0.00000225. The fourth-order valence-corrected chi connectivity index (χ4v) is 4.06. The fraction of sp³-hybridized carbons (Fsp3) is 0.889. The lowest BCUT2D eigenvalue weighted by Gasteiger charge is -2.37. The third-order valence-electron chi connectivity index (χ3n) is 5.90. The Morgan fingerprint density at radius 3 is 2.16 bits per heavy atom. The highest BCUT2D eigenvalue weighted by Gasteiger charge is 2.42. The van der Waals surface area contributed by atoms with Crippen molar-refractivity contribution in [3.63, 3.8) is 0 Å². The zero-order valence-corrected chi connectivity index (χ0v) is 16.2. The van der Waals surface area contributed by atoms with Crippen LogP contribution in [0.2, 0.25) is 0 Å². The van der Waals surface area contributed by atoms with Crippen LogP contribution in [-0.2, 0) is 9.59 Å². The maximum atomic E-state index is 12.8. The average Bonchev–Trinajstić information content (AvgIpc) is 3.39. The van der Waals surface area contributed by atoms with Crippen molar-refractivity contribution in [1.82, 2.24) is 14.7 Å². The summed E-state index contributed by atoms with van der Waals surface area (Å²) in [6.45, 7) is 4.62. The number of likely N-dealkylation sites (tertiary alicyclic amines) is 1. The number of hydrogen-bond acceptors (Lipinski definition) is 4. The Labute approximate surface area is 156 Å². The first-order valence-corrected chi connectivity index (χ1v) is 9.41. The Hall–Kier alpha value is -0.850. The molecule has 6 nitrogen and oxygen atoms in total. The standard InChI is InChI=1S/C18H31N3O3.ClH/c1-13(14-3-4-14)21(16-5-6-16)17(22)11-20-9-7-15(8-10-20)19(2)12-18(23)24;/h13-16H,3-12H2,1-2H3,(H,23,24);1H. The van der Waals surface area contributed by atoms with E-state index in [1.54, 1.807) is 0 Å². The van der Waals surface area contributed by atoms with E-state index in [0.717, 1.165) is 31.8 Å². The molecule has 1 aliphatic heterocycles. The monoisotopic (exact) mass is 373 g/mol. The van der Waals surface area contributed by atoms with Gasteiger partial charge in [0, 0.05) is 31.2 Å². The summed E-state index contributed by atoms with van der Waals surface area (Å²) in [5.41, 5.74) is 0. The summed E-state index contributed by atoms with van der Waals surface area (Å²) in [5, 5.41) is 8.90. The molecule has 0 spiro atoms. The van der Waals surface area contributed by atoms with Gasteiger partial charge in [0.05, 0.1) is 13.1 Å². The van der Waals surface area contributed by atoms with Crippen LogP contribution in [0.25, 0.3) is 0 Å². The van der Waals surface area contributed by atoms with Gasteiger partial charge in [0.2, 0.25) is 5.91 Å². The predicted molar refractivity (Wildman–Crippen MR) is 99.0 cm³/mol. The molecule has 144 valence electrons. The molecule has 1 saturated heterocycles. The van der Waals surface area contributed by atoms with Crippen LogP contribution in [0.15, 0.2) is 0 Å². The molecule has 0 aromatic carbocycles. The van der Waals surface area contributed by atoms with E-state index in [1.165, 1.54) is 25.7 Å². The van der Waals surface area contributed by atoms with Gasteiger partial charge < -0.3 is 10.0 Å². The molecular formula is C18H32ClN3O3. The predicted octanol–water partition coefficient (Wildman–Crippen LogP) is 1.68. The molecule has 3 aliphatic rings. The number of carbonyl (C=O) groups is 2. The smallest absolute Gasteiger partial charge is 0.317 e. The Morgan fingerprint density at radius 2 is 1.68 bits per heavy atom. The molecule has 1 N–H and O–H groups in total. The Kier molecular flexibility index (Phi) is 7.11. The van der Waals surface area contributed by atoms with Crippen LogP contribution < -0.4 is 0 Å². The minimum atomic E-state index is -0.774.